The van der Waals surface area contributed by atoms with Crippen LogP contribution in [0.25, 0.3) is 10.9 Å². The molecular weight excluding hydrogens is 257 g/mol. The quantitative estimate of drug-likeness (QED) is 0.649. The molecule has 0 amide bonds. The standard InChI is InChI=1S/C15H12FN3O/c1-9-4-2-3-5-12(9)18-19-14-11-8-10(16)6-7-13(11)17-15(14)20/h2-8,17,20H,1H3. The SMILES string of the molecule is Cc1ccccc1N=Nc1c(O)[nH]c2ccc(F)cc12. The van der Waals surface area contributed by atoms with E-state index in [-0.39, 0.29) is 17.4 Å². The van der Waals surface area contributed by atoms with Gasteiger partial charge in [0.15, 0.2) is 5.69 Å². The molecule has 4 nitrogen and oxygen atoms in total. The van der Waals surface area contributed by atoms with Gasteiger partial charge in [-0.25, -0.2) is 4.39 Å². The third kappa shape index (κ3) is 2.14. The van der Waals surface area contributed by atoms with E-state index in [9.17, 15) is 9.50 Å². The number of rotatable bonds is 2. The van der Waals surface area contributed by atoms with Crippen LogP contribution in [0.5, 0.6) is 5.88 Å². The minimum Gasteiger partial charge on any atom is -0.493 e. The third-order valence-corrected chi connectivity index (χ3v) is 3.09. The lowest BCUT2D eigenvalue weighted by atomic mass is 10.2. The molecule has 0 saturated carbocycles. The number of aromatic nitrogens is 1. The number of benzene rings is 2. The number of nitrogens with zero attached hydrogens (tertiary/aromatic N) is 2. The van der Waals surface area contributed by atoms with Gasteiger partial charge < -0.3 is 10.1 Å². The van der Waals surface area contributed by atoms with E-state index in [0.29, 0.717) is 16.6 Å². The van der Waals surface area contributed by atoms with Crippen molar-refractivity contribution in [3.63, 3.8) is 0 Å². The van der Waals surface area contributed by atoms with Crippen molar-refractivity contribution in [2.45, 2.75) is 6.92 Å². The zero-order valence-electron chi connectivity index (χ0n) is 10.8. The molecular formula is C15H12FN3O. The second-order valence-electron chi connectivity index (χ2n) is 4.50. The summed E-state index contributed by atoms with van der Waals surface area (Å²) >= 11 is 0. The molecule has 0 atom stereocenters. The van der Waals surface area contributed by atoms with Gasteiger partial charge in [-0.15, -0.1) is 5.11 Å². The van der Waals surface area contributed by atoms with Gasteiger partial charge in [0, 0.05) is 5.39 Å². The molecule has 5 heteroatoms. The van der Waals surface area contributed by atoms with Gasteiger partial charge in [-0.1, -0.05) is 18.2 Å². The van der Waals surface area contributed by atoms with E-state index in [0.717, 1.165) is 5.56 Å². The van der Waals surface area contributed by atoms with E-state index in [4.69, 9.17) is 0 Å². The molecule has 3 aromatic rings. The number of aryl methyl sites for hydroxylation is 1. The summed E-state index contributed by atoms with van der Waals surface area (Å²) in [6, 6.07) is 11.7. The first-order chi connectivity index (χ1) is 9.65. The lowest BCUT2D eigenvalue weighted by molar-refractivity contribution is 0.459. The Balaban J connectivity index is 2.09. The number of azo groups is 1. The Morgan fingerprint density at radius 3 is 2.70 bits per heavy atom. The normalized spacial score (nSPS) is 11.5. The summed E-state index contributed by atoms with van der Waals surface area (Å²) in [5, 5.41) is 18.5. The van der Waals surface area contributed by atoms with E-state index in [1.165, 1.54) is 12.1 Å². The van der Waals surface area contributed by atoms with Crippen molar-refractivity contribution in [2.24, 2.45) is 10.2 Å². The van der Waals surface area contributed by atoms with Gasteiger partial charge in [0.05, 0.1) is 11.2 Å². The Bertz CT molecular complexity index is 808. The lowest BCUT2D eigenvalue weighted by Gasteiger charge is -1.97. The van der Waals surface area contributed by atoms with Gasteiger partial charge in [0.25, 0.3) is 0 Å². The maximum Gasteiger partial charge on any atom is 0.218 e. The van der Waals surface area contributed by atoms with Crippen LogP contribution in [0.2, 0.25) is 0 Å². The first-order valence-electron chi connectivity index (χ1n) is 6.13. The fourth-order valence-electron chi connectivity index (χ4n) is 2.02. The molecule has 0 bridgehead atoms. The van der Waals surface area contributed by atoms with E-state index >= 15 is 0 Å². The number of hydrogen-bond acceptors (Lipinski definition) is 3. The maximum atomic E-state index is 13.3. The van der Waals surface area contributed by atoms with Crippen molar-refractivity contribution in [1.29, 1.82) is 0 Å². The fraction of sp³-hybridized carbons (Fsp3) is 0.0667. The monoisotopic (exact) mass is 269 g/mol. The van der Waals surface area contributed by atoms with E-state index in [1.807, 2.05) is 31.2 Å². The Morgan fingerprint density at radius 2 is 1.90 bits per heavy atom. The summed E-state index contributed by atoms with van der Waals surface area (Å²) in [6.07, 6.45) is 0. The van der Waals surface area contributed by atoms with E-state index in [1.54, 1.807) is 6.07 Å². The highest BCUT2D eigenvalue weighted by Crippen LogP contribution is 2.36. The van der Waals surface area contributed by atoms with Crippen LogP contribution in [-0.2, 0) is 0 Å². The molecule has 0 radical (unpaired) electrons. The minimum absolute atomic E-state index is 0.122. The molecule has 0 aliphatic carbocycles. The zero-order valence-corrected chi connectivity index (χ0v) is 10.8. The highest BCUT2D eigenvalue weighted by Gasteiger charge is 2.11. The molecule has 2 aromatic carbocycles. The molecule has 3 rings (SSSR count). The molecule has 0 spiro atoms. The highest BCUT2D eigenvalue weighted by molar-refractivity contribution is 5.94. The van der Waals surface area contributed by atoms with Gasteiger partial charge in [-0.05, 0) is 36.8 Å². The Labute approximate surface area is 114 Å². The first-order valence-corrected chi connectivity index (χ1v) is 6.13. The number of halogens is 1. The van der Waals surface area contributed by atoms with Crippen molar-refractivity contribution in [1.82, 2.24) is 4.98 Å². The van der Waals surface area contributed by atoms with Crippen LogP contribution in [0.15, 0.2) is 52.7 Å². The predicted molar refractivity (Wildman–Crippen MR) is 75.3 cm³/mol. The van der Waals surface area contributed by atoms with Crippen LogP contribution in [-0.4, -0.2) is 10.1 Å². The van der Waals surface area contributed by atoms with E-state index in [2.05, 4.69) is 15.2 Å². The van der Waals surface area contributed by atoms with Crippen LogP contribution in [0.4, 0.5) is 15.8 Å². The van der Waals surface area contributed by atoms with Crippen LogP contribution in [0.1, 0.15) is 5.56 Å². The number of aromatic amines is 1. The van der Waals surface area contributed by atoms with Gasteiger partial charge in [0.1, 0.15) is 5.82 Å². The first kappa shape index (κ1) is 12.3. The van der Waals surface area contributed by atoms with Crippen molar-refractivity contribution < 1.29 is 9.50 Å². The number of hydrogen-bond donors (Lipinski definition) is 2. The summed E-state index contributed by atoms with van der Waals surface area (Å²) in [5.41, 5.74) is 2.53. The second kappa shape index (κ2) is 4.77. The molecule has 0 aliphatic rings. The second-order valence-corrected chi connectivity index (χ2v) is 4.50. The average molecular weight is 269 g/mol. The van der Waals surface area contributed by atoms with Gasteiger partial charge in [-0.2, -0.15) is 5.11 Å². The van der Waals surface area contributed by atoms with E-state index < -0.39 is 0 Å². The number of H-pyrrole nitrogens is 1. The molecule has 0 saturated heterocycles. The Morgan fingerprint density at radius 1 is 1.10 bits per heavy atom. The molecule has 1 aromatic heterocycles. The molecule has 2 N–H and O–H groups in total. The van der Waals surface area contributed by atoms with Gasteiger partial charge in [0.2, 0.25) is 5.88 Å². The van der Waals surface area contributed by atoms with Crippen molar-refractivity contribution in [3.8, 4) is 5.88 Å². The van der Waals surface area contributed by atoms with Crippen LogP contribution >= 0.6 is 0 Å². The number of fused-ring (bicyclic) bond motifs is 1. The molecule has 1 heterocycles. The van der Waals surface area contributed by atoms with Gasteiger partial charge in [-0.3, -0.25) is 0 Å². The Kier molecular flexibility index (Phi) is 2.95. The molecule has 0 fully saturated rings. The topological polar surface area (TPSA) is 60.7 Å². The number of nitrogens with one attached hydrogen (secondary N) is 1. The molecule has 20 heavy (non-hydrogen) atoms. The van der Waals surface area contributed by atoms with Gasteiger partial charge >= 0.3 is 0 Å². The maximum absolute atomic E-state index is 13.3. The third-order valence-electron chi connectivity index (χ3n) is 3.09. The molecule has 0 aliphatic heterocycles. The predicted octanol–water partition coefficient (Wildman–Crippen LogP) is 4.74. The lowest BCUT2D eigenvalue weighted by Crippen LogP contribution is -1.72. The molecule has 100 valence electrons. The summed E-state index contributed by atoms with van der Waals surface area (Å²) in [4.78, 5) is 2.74. The summed E-state index contributed by atoms with van der Waals surface area (Å²) in [5.74, 6) is -0.508. The average Bonchev–Trinajstić information content (AvgIpc) is 2.73. The van der Waals surface area contributed by atoms with Crippen molar-refractivity contribution in [3.05, 3.63) is 53.8 Å². The highest BCUT2D eigenvalue weighted by atomic mass is 19.1. The smallest absolute Gasteiger partial charge is 0.218 e. The van der Waals surface area contributed by atoms with Crippen LogP contribution < -0.4 is 0 Å². The van der Waals surface area contributed by atoms with Crippen molar-refractivity contribution in [2.75, 3.05) is 0 Å². The minimum atomic E-state index is -0.385. The molecule has 0 unspecified atom stereocenters. The summed E-state index contributed by atoms with van der Waals surface area (Å²) < 4.78 is 13.3. The zero-order chi connectivity index (χ0) is 14.1. The Hall–Kier alpha value is -2.69. The van der Waals surface area contributed by atoms with Crippen molar-refractivity contribution >= 4 is 22.3 Å². The van der Waals surface area contributed by atoms with Crippen LogP contribution in [0, 0.1) is 12.7 Å². The fourth-order valence-corrected chi connectivity index (χ4v) is 2.02. The largest absolute Gasteiger partial charge is 0.493 e. The van der Waals surface area contributed by atoms with Crippen LogP contribution in [0.3, 0.4) is 0 Å². The summed E-state index contributed by atoms with van der Waals surface area (Å²) in [6.45, 7) is 1.92. The number of aromatic hydroxyl groups is 1. The summed E-state index contributed by atoms with van der Waals surface area (Å²) in [7, 11) is 0.